The Balaban J connectivity index is 1.35. The number of methoxy groups -OCH3 is 1. The van der Waals surface area contributed by atoms with E-state index in [-0.39, 0.29) is 49.6 Å². The summed E-state index contributed by atoms with van der Waals surface area (Å²) in [6.07, 6.45) is -1.08. The number of halogens is 1. The van der Waals surface area contributed by atoms with Crippen LogP contribution in [0, 0.1) is 11.8 Å². The minimum absolute atomic E-state index is 0.0637. The number of aliphatic hydroxyl groups is 2. The van der Waals surface area contributed by atoms with Gasteiger partial charge in [-0.05, 0) is 23.8 Å². The first-order chi connectivity index (χ1) is 23.7. The second-order valence-corrected chi connectivity index (χ2v) is 16.2. The van der Waals surface area contributed by atoms with E-state index in [2.05, 4.69) is 42.7 Å². The fraction of sp³-hybridized carbons (Fsp3) is 0.600. The van der Waals surface area contributed by atoms with Crippen molar-refractivity contribution in [3.63, 3.8) is 0 Å². The lowest BCUT2D eigenvalue weighted by molar-refractivity contribution is -0.176. The number of hydrogen-bond acceptors (Lipinski definition) is 12. The van der Waals surface area contributed by atoms with Gasteiger partial charge in [0.2, 0.25) is 17.2 Å². The number of aliphatic hydroxyl groups excluding tert-OH is 1. The van der Waals surface area contributed by atoms with E-state index in [1.807, 2.05) is 35.2 Å². The zero-order valence-corrected chi connectivity index (χ0v) is 31.2. The van der Waals surface area contributed by atoms with E-state index in [9.17, 15) is 38.9 Å². The van der Waals surface area contributed by atoms with Crippen LogP contribution in [-0.2, 0) is 39.4 Å². The van der Waals surface area contributed by atoms with Crippen molar-refractivity contribution in [1.82, 2.24) is 20.9 Å². The molecular weight excluding hydrogens is 789 g/mol. The third-order valence-corrected chi connectivity index (χ3v) is 11.6. The van der Waals surface area contributed by atoms with Crippen LogP contribution in [0.4, 0.5) is 0 Å². The van der Waals surface area contributed by atoms with Gasteiger partial charge in [0.1, 0.15) is 6.04 Å². The van der Waals surface area contributed by atoms with Gasteiger partial charge in [0.05, 0.1) is 22.2 Å². The summed E-state index contributed by atoms with van der Waals surface area (Å²) in [5.41, 5.74) is 0.252. The molecule has 4 rings (SSSR count). The summed E-state index contributed by atoms with van der Waals surface area (Å²) in [7, 11) is -5.14. The minimum Gasteiger partial charge on any atom is -0.408 e. The van der Waals surface area contributed by atoms with Crippen LogP contribution < -0.4 is 16.0 Å². The lowest BCUT2D eigenvalue weighted by Gasteiger charge is -2.33. The fourth-order valence-electron chi connectivity index (χ4n) is 5.97. The highest BCUT2D eigenvalue weighted by Crippen LogP contribution is 2.53. The second kappa shape index (κ2) is 17.9. The molecule has 1 saturated heterocycles. The highest BCUT2D eigenvalue weighted by molar-refractivity contribution is 14.2. The van der Waals surface area contributed by atoms with Crippen molar-refractivity contribution in [3.05, 3.63) is 35.9 Å². The predicted molar refractivity (Wildman–Crippen MR) is 194 cm³/mol. The zero-order valence-electron chi connectivity index (χ0n) is 28.1. The number of carbonyl (C=O) groups excluding carboxylic acids is 3. The highest BCUT2D eigenvalue weighted by Gasteiger charge is 2.66. The maximum Gasteiger partial charge on any atom is 0.484 e. The van der Waals surface area contributed by atoms with Gasteiger partial charge in [-0.15, -0.1) is 0 Å². The van der Waals surface area contributed by atoms with E-state index in [0.29, 0.717) is 26.1 Å². The van der Waals surface area contributed by atoms with Gasteiger partial charge < -0.3 is 50.0 Å². The number of ether oxygens (including phenoxy) is 1. The SMILES string of the molecule is COC(O)C(O)(CC(=O)NCCN1CCOB(C2(NC(=O)[C@@H](Cc3ccccc3)NC(=O)C3=NI=CN=C3)C[C@H]2C(C)C)OCC1)P(=O)(O)O. The molecule has 1 aromatic carbocycles. The Hall–Kier alpha value is -2.46. The summed E-state index contributed by atoms with van der Waals surface area (Å²) >= 11 is -0.712. The number of rotatable bonds is 16. The number of amides is 3. The summed E-state index contributed by atoms with van der Waals surface area (Å²) in [5.74, 6) is -1.46. The molecule has 0 aromatic heterocycles. The lowest BCUT2D eigenvalue weighted by Crippen LogP contribution is -2.60. The molecular formula is C30H45BIN6O11P. The molecule has 0 radical (unpaired) electrons. The Kier molecular flexibility index (Phi) is 14.4. The van der Waals surface area contributed by atoms with Crippen LogP contribution in [0.1, 0.15) is 32.3 Å². The monoisotopic (exact) mass is 834 g/mol. The van der Waals surface area contributed by atoms with Crippen LogP contribution in [0.5, 0.6) is 0 Å². The first kappa shape index (κ1) is 40.3. The molecule has 276 valence electrons. The molecule has 5 atom stereocenters. The van der Waals surface area contributed by atoms with Gasteiger partial charge >= 0.3 is 14.7 Å². The Morgan fingerprint density at radius 3 is 2.44 bits per heavy atom. The van der Waals surface area contributed by atoms with Crippen molar-refractivity contribution in [2.75, 3.05) is 46.5 Å². The molecule has 1 saturated carbocycles. The number of benzene rings is 1. The molecule has 3 amide bonds. The topological polar surface area (TPSA) is 241 Å². The molecule has 1 aromatic rings. The van der Waals surface area contributed by atoms with Crippen molar-refractivity contribution in [2.24, 2.45) is 20.0 Å². The van der Waals surface area contributed by atoms with Crippen LogP contribution in [0.15, 0.2) is 38.5 Å². The average molecular weight is 834 g/mol. The predicted octanol–water partition coefficient (Wildman–Crippen LogP) is -0.871. The van der Waals surface area contributed by atoms with E-state index < -0.39 is 77.1 Å². The molecule has 0 bridgehead atoms. The van der Waals surface area contributed by atoms with Gasteiger partial charge in [-0.1, -0.05) is 44.2 Å². The van der Waals surface area contributed by atoms with Crippen LogP contribution in [-0.4, -0.2) is 135 Å². The molecule has 17 nitrogen and oxygen atoms in total. The van der Waals surface area contributed by atoms with Crippen molar-refractivity contribution >= 4 is 69.5 Å². The lowest BCUT2D eigenvalue weighted by atomic mass is 9.71. The van der Waals surface area contributed by atoms with E-state index in [1.165, 1.54) is 6.21 Å². The Morgan fingerprint density at radius 1 is 1.20 bits per heavy atom. The fourth-order valence-corrected chi connectivity index (χ4v) is 7.78. The largest absolute Gasteiger partial charge is 0.484 e. The number of carbonyl (C=O) groups is 3. The smallest absolute Gasteiger partial charge is 0.408 e. The molecule has 7 N–H and O–H groups in total. The number of nitrogens with zero attached hydrogens (tertiary/aromatic N) is 3. The first-order valence-corrected chi connectivity index (χ1v) is 20.0. The van der Waals surface area contributed by atoms with Gasteiger partial charge in [0.25, 0.3) is 5.91 Å². The van der Waals surface area contributed by atoms with Crippen LogP contribution in [0.25, 0.3) is 0 Å². The van der Waals surface area contributed by atoms with Crippen molar-refractivity contribution in [3.8, 4) is 0 Å². The Bertz CT molecular complexity index is 1490. The molecule has 2 aliphatic heterocycles. The zero-order chi connectivity index (χ0) is 36.5. The quantitative estimate of drug-likeness (QED) is 0.0466. The maximum absolute atomic E-state index is 14.0. The maximum atomic E-state index is 14.0. The summed E-state index contributed by atoms with van der Waals surface area (Å²) in [6, 6.07) is 8.50. The third-order valence-electron chi connectivity index (χ3n) is 8.86. The van der Waals surface area contributed by atoms with Gasteiger partial charge in [-0.3, -0.25) is 28.8 Å². The summed E-state index contributed by atoms with van der Waals surface area (Å²) in [5, 5.41) is 25.5. The van der Waals surface area contributed by atoms with E-state index >= 15 is 0 Å². The van der Waals surface area contributed by atoms with E-state index in [0.717, 1.165) is 12.7 Å². The van der Waals surface area contributed by atoms with Crippen molar-refractivity contribution < 1.29 is 53.0 Å². The van der Waals surface area contributed by atoms with Crippen LogP contribution in [0.2, 0.25) is 0 Å². The summed E-state index contributed by atoms with van der Waals surface area (Å²) < 4.78 is 34.6. The number of aliphatic imine (C=N–C) groups is 1. The number of nitrogens with one attached hydrogen (secondary N) is 3. The molecule has 0 spiro atoms. The third kappa shape index (κ3) is 10.3. The van der Waals surface area contributed by atoms with Crippen LogP contribution in [0.3, 0.4) is 0 Å². The average Bonchev–Trinajstić information content (AvgIpc) is 3.80. The molecule has 1 aliphatic carbocycles. The molecule has 20 heteroatoms. The van der Waals surface area contributed by atoms with Crippen molar-refractivity contribution in [1.29, 1.82) is 0 Å². The van der Waals surface area contributed by atoms with Gasteiger partial charge in [-0.25, -0.2) is 3.21 Å². The Labute approximate surface area is 301 Å². The summed E-state index contributed by atoms with van der Waals surface area (Å²) in [4.78, 5) is 64.4. The van der Waals surface area contributed by atoms with E-state index in [4.69, 9.17) is 9.31 Å². The molecule has 50 heavy (non-hydrogen) atoms. The Morgan fingerprint density at radius 2 is 1.88 bits per heavy atom. The molecule has 2 fully saturated rings. The molecule has 3 unspecified atom stereocenters. The summed E-state index contributed by atoms with van der Waals surface area (Å²) in [6.45, 7) is 5.93. The molecule has 2 heterocycles. The minimum atomic E-state index is -5.33. The number of hydrogen-bond donors (Lipinski definition) is 7. The highest BCUT2D eigenvalue weighted by atomic mass is 127. The van der Waals surface area contributed by atoms with Gasteiger partial charge in [-0.2, -0.15) is 0 Å². The second-order valence-electron chi connectivity index (χ2n) is 12.7. The van der Waals surface area contributed by atoms with Gasteiger partial charge in [0, 0.05) is 73.9 Å². The van der Waals surface area contributed by atoms with E-state index in [1.54, 1.807) is 4.14 Å². The van der Waals surface area contributed by atoms with Gasteiger partial charge in [0.15, 0.2) is 12.0 Å². The standard InChI is InChI=1S/C30H45BIN6O11P/c1-20(2)22-16-29(22,36-27(41)23(15-21-7-5-4-6-8-21)35-26(40)24-18-33-19-32-37-24)31-48-13-11-38(12-14-49-31)10-9-34-25(39)17-30(43,28(42)47-3)50(44,45)46/h4-8,18-20,22-23,28,42-43H,9-17H2,1-3H3,(H,34,39)(H,35,40)(H,36,41)(H2,44,45,46)/t22-,23+,28?,29?,30?/m0/s1. The van der Waals surface area contributed by atoms with Crippen LogP contribution >= 0.6 is 28.6 Å². The normalized spacial score (nSPS) is 23.7. The molecule has 3 aliphatic rings. The van der Waals surface area contributed by atoms with Crippen molar-refractivity contribution in [2.45, 2.75) is 56.2 Å². The first-order valence-electron chi connectivity index (χ1n) is 16.1.